The largest absolute Gasteiger partial charge is 0.491 e. The van der Waals surface area contributed by atoms with E-state index in [1.807, 2.05) is 45.0 Å². The van der Waals surface area contributed by atoms with Crippen LogP contribution in [0.2, 0.25) is 0 Å². The van der Waals surface area contributed by atoms with Gasteiger partial charge in [0.05, 0.1) is 12.7 Å². The van der Waals surface area contributed by atoms with E-state index in [2.05, 4.69) is 38.1 Å². The Kier molecular flexibility index (Phi) is 8.92. The van der Waals surface area contributed by atoms with Crippen LogP contribution in [0.4, 0.5) is 0 Å². The molecule has 0 aliphatic carbocycles. The van der Waals surface area contributed by atoms with Gasteiger partial charge in [-0.25, -0.2) is 0 Å². The lowest BCUT2D eigenvalue weighted by atomic mass is 9.70. The topological polar surface area (TPSA) is 79.2 Å². The van der Waals surface area contributed by atoms with Crippen LogP contribution in [0.1, 0.15) is 58.6 Å². The molecule has 0 fully saturated rings. The molecule has 0 heterocycles. The van der Waals surface area contributed by atoms with Gasteiger partial charge in [0.25, 0.3) is 0 Å². The van der Waals surface area contributed by atoms with Crippen LogP contribution in [0, 0.1) is 5.41 Å². The van der Waals surface area contributed by atoms with Crippen molar-refractivity contribution >= 4 is 0 Å². The Hall–Kier alpha value is -2.08. The third-order valence-electron chi connectivity index (χ3n) is 6.08. The molecule has 31 heavy (non-hydrogen) atoms. The molecule has 0 amide bonds. The van der Waals surface area contributed by atoms with E-state index < -0.39 is 12.2 Å². The summed E-state index contributed by atoms with van der Waals surface area (Å²) < 4.78 is 11.3. The van der Waals surface area contributed by atoms with Crippen LogP contribution >= 0.6 is 0 Å². The van der Waals surface area contributed by atoms with Crippen LogP contribution in [0.25, 0.3) is 0 Å². The Balaban J connectivity index is 2.16. The summed E-state index contributed by atoms with van der Waals surface area (Å²) in [5.74, 6) is 1.41. The van der Waals surface area contributed by atoms with Crippen LogP contribution in [0.15, 0.2) is 48.5 Å². The van der Waals surface area contributed by atoms with Crippen molar-refractivity contribution in [2.24, 2.45) is 5.41 Å². The quantitative estimate of drug-likeness (QED) is 0.495. The van der Waals surface area contributed by atoms with Crippen LogP contribution in [0.3, 0.4) is 0 Å². The molecule has 0 saturated heterocycles. The molecule has 0 spiro atoms. The van der Waals surface area contributed by atoms with Gasteiger partial charge in [0.15, 0.2) is 0 Å². The van der Waals surface area contributed by atoms with Gasteiger partial charge in [0, 0.05) is 5.41 Å². The van der Waals surface area contributed by atoms with E-state index in [1.165, 1.54) is 11.1 Å². The average molecular weight is 431 g/mol. The first-order valence-electron chi connectivity index (χ1n) is 11.1. The number of rotatable bonds is 11. The van der Waals surface area contributed by atoms with Gasteiger partial charge < -0.3 is 24.8 Å². The molecule has 2 rings (SSSR count). The average Bonchev–Trinajstić information content (AvgIpc) is 2.77. The van der Waals surface area contributed by atoms with E-state index in [9.17, 15) is 10.2 Å². The molecule has 2 aromatic rings. The van der Waals surface area contributed by atoms with Crippen LogP contribution < -0.4 is 9.47 Å². The predicted octanol–water partition coefficient (Wildman–Crippen LogP) is 4.31. The first-order chi connectivity index (χ1) is 14.7. The normalized spacial score (nSPS) is 14.2. The summed E-state index contributed by atoms with van der Waals surface area (Å²) in [6, 6.07) is 16.1. The summed E-state index contributed by atoms with van der Waals surface area (Å²) in [5.41, 5.74) is 2.06. The molecule has 0 bridgehead atoms. The van der Waals surface area contributed by atoms with Crippen molar-refractivity contribution in [3.8, 4) is 11.5 Å². The van der Waals surface area contributed by atoms with E-state index >= 15 is 0 Å². The molecular weight excluding hydrogens is 392 g/mol. The molecule has 0 unspecified atom stereocenters. The Morgan fingerprint density at radius 1 is 0.742 bits per heavy atom. The van der Waals surface area contributed by atoms with Crippen molar-refractivity contribution in [2.75, 3.05) is 19.8 Å². The molecule has 5 nitrogen and oxygen atoms in total. The van der Waals surface area contributed by atoms with Gasteiger partial charge in [-0.2, -0.15) is 0 Å². The molecule has 0 radical (unpaired) electrons. The summed E-state index contributed by atoms with van der Waals surface area (Å²) in [4.78, 5) is 0. The Bertz CT molecular complexity index is 773. The minimum Gasteiger partial charge on any atom is -0.491 e. The Morgan fingerprint density at radius 2 is 1.16 bits per heavy atom. The van der Waals surface area contributed by atoms with Crippen molar-refractivity contribution < 1.29 is 24.8 Å². The minimum absolute atomic E-state index is 0.0634. The predicted molar refractivity (Wildman–Crippen MR) is 124 cm³/mol. The van der Waals surface area contributed by atoms with E-state index in [4.69, 9.17) is 14.6 Å². The fourth-order valence-electron chi connectivity index (χ4n) is 3.64. The second kappa shape index (κ2) is 11.0. The zero-order valence-electron chi connectivity index (χ0n) is 19.5. The SMILES string of the molecule is CCC(CC)(c1ccc(OC[C@H](O)CO)cc1)c1ccc(OC[C@H](O)C(C)(C)C)cc1. The standard InChI is InChI=1S/C26H38O5/c1-6-26(7-2,19-8-12-22(13-9-19)30-17-21(28)16-27)20-10-14-23(15-11-20)31-18-24(29)25(3,4)5/h8-15,21,24,27-29H,6-7,16-18H2,1-5H3/t21-,24+/m1/s1. The second-order valence-corrected chi connectivity index (χ2v) is 9.18. The zero-order chi connectivity index (χ0) is 23.1. The first-order valence-corrected chi connectivity index (χ1v) is 11.1. The minimum atomic E-state index is -0.879. The molecule has 0 aromatic heterocycles. The van der Waals surface area contributed by atoms with Gasteiger partial charge in [-0.05, 0) is 53.6 Å². The summed E-state index contributed by atoms with van der Waals surface area (Å²) in [7, 11) is 0. The number of benzene rings is 2. The van der Waals surface area contributed by atoms with Crippen molar-refractivity contribution in [3.05, 3.63) is 59.7 Å². The highest BCUT2D eigenvalue weighted by atomic mass is 16.5. The third-order valence-corrected chi connectivity index (χ3v) is 6.08. The summed E-state index contributed by atoms with van der Waals surface area (Å²) >= 11 is 0. The van der Waals surface area contributed by atoms with Crippen LogP contribution in [-0.4, -0.2) is 47.3 Å². The van der Waals surface area contributed by atoms with E-state index in [0.717, 1.165) is 18.6 Å². The van der Waals surface area contributed by atoms with Crippen molar-refractivity contribution in [1.29, 1.82) is 0 Å². The monoisotopic (exact) mass is 430 g/mol. The molecule has 3 N–H and O–H groups in total. The second-order valence-electron chi connectivity index (χ2n) is 9.18. The fraction of sp³-hybridized carbons (Fsp3) is 0.538. The molecule has 0 aliphatic rings. The van der Waals surface area contributed by atoms with Gasteiger partial charge in [-0.3, -0.25) is 0 Å². The van der Waals surface area contributed by atoms with Gasteiger partial charge in [-0.15, -0.1) is 0 Å². The highest BCUT2D eigenvalue weighted by molar-refractivity contribution is 5.43. The lowest BCUT2D eigenvalue weighted by Crippen LogP contribution is -2.32. The molecule has 2 atom stereocenters. The summed E-state index contributed by atoms with van der Waals surface area (Å²) in [5, 5.41) is 28.6. The third kappa shape index (κ3) is 6.45. The van der Waals surface area contributed by atoms with Crippen molar-refractivity contribution in [2.45, 2.75) is 65.1 Å². The lowest BCUT2D eigenvalue weighted by Gasteiger charge is -2.33. The maximum Gasteiger partial charge on any atom is 0.119 e. The number of aliphatic hydroxyl groups excluding tert-OH is 3. The van der Waals surface area contributed by atoms with E-state index in [1.54, 1.807) is 0 Å². The van der Waals surface area contributed by atoms with Gasteiger partial charge in [0.2, 0.25) is 0 Å². The number of hydrogen-bond donors (Lipinski definition) is 3. The van der Waals surface area contributed by atoms with Crippen LogP contribution in [-0.2, 0) is 5.41 Å². The molecular formula is C26H38O5. The van der Waals surface area contributed by atoms with Gasteiger partial charge in [-0.1, -0.05) is 58.9 Å². The summed E-state index contributed by atoms with van der Waals surface area (Å²) in [6.07, 6.45) is 0.471. The highest BCUT2D eigenvalue weighted by Gasteiger charge is 2.30. The molecule has 2 aromatic carbocycles. The smallest absolute Gasteiger partial charge is 0.119 e. The zero-order valence-corrected chi connectivity index (χ0v) is 19.5. The maximum atomic E-state index is 10.2. The Morgan fingerprint density at radius 3 is 1.52 bits per heavy atom. The number of aliphatic hydroxyl groups is 3. The van der Waals surface area contributed by atoms with Gasteiger partial charge in [0.1, 0.15) is 30.8 Å². The van der Waals surface area contributed by atoms with Crippen LogP contribution in [0.5, 0.6) is 11.5 Å². The molecule has 172 valence electrons. The maximum absolute atomic E-state index is 10.2. The van der Waals surface area contributed by atoms with E-state index in [0.29, 0.717) is 5.75 Å². The molecule has 0 aliphatic heterocycles. The number of ether oxygens (including phenoxy) is 2. The number of hydrogen-bond acceptors (Lipinski definition) is 5. The lowest BCUT2D eigenvalue weighted by molar-refractivity contribution is 0.0218. The van der Waals surface area contributed by atoms with Crippen molar-refractivity contribution in [1.82, 2.24) is 0 Å². The van der Waals surface area contributed by atoms with Gasteiger partial charge >= 0.3 is 0 Å². The van der Waals surface area contributed by atoms with E-state index in [-0.39, 0.29) is 30.7 Å². The Labute approximate surface area is 186 Å². The molecule has 5 heteroatoms. The molecule has 0 saturated carbocycles. The highest BCUT2D eigenvalue weighted by Crippen LogP contribution is 2.40. The fourth-order valence-corrected chi connectivity index (χ4v) is 3.64. The first kappa shape index (κ1) is 25.2. The van der Waals surface area contributed by atoms with Crippen molar-refractivity contribution in [3.63, 3.8) is 0 Å². The summed E-state index contributed by atoms with van der Waals surface area (Å²) in [6.45, 7) is 10.4.